The van der Waals surface area contributed by atoms with Crippen molar-refractivity contribution in [3.05, 3.63) is 41.2 Å². The van der Waals surface area contributed by atoms with Crippen molar-refractivity contribution < 1.29 is 0 Å². The average Bonchev–Trinajstić information content (AvgIpc) is 2.57. The number of nitrogens with one attached hydrogen (secondary N) is 1. The van der Waals surface area contributed by atoms with E-state index in [0.29, 0.717) is 0 Å². The van der Waals surface area contributed by atoms with E-state index in [0.717, 1.165) is 0 Å². The molecule has 60 valence electrons. The van der Waals surface area contributed by atoms with Crippen molar-refractivity contribution in [2.45, 2.75) is 0 Å². The smallest absolute Gasteiger partial charge is 0.293 e. The van der Waals surface area contributed by atoms with E-state index in [9.17, 15) is 4.79 Å². The minimum atomic E-state index is -0.249. The van der Waals surface area contributed by atoms with Crippen molar-refractivity contribution in [3.63, 3.8) is 0 Å². The summed E-state index contributed by atoms with van der Waals surface area (Å²) in [6, 6.07) is 1.73. The third kappa shape index (κ3) is 1.01. The van der Waals surface area contributed by atoms with Crippen molar-refractivity contribution in [1.82, 2.24) is 19.7 Å². The first-order valence-corrected chi connectivity index (χ1v) is 3.41. The Morgan fingerprint density at radius 2 is 2.33 bits per heavy atom. The minimum absolute atomic E-state index is 0.249. The van der Waals surface area contributed by atoms with E-state index in [1.54, 1.807) is 18.5 Å². The molecule has 0 aromatic carbocycles. The van der Waals surface area contributed by atoms with Gasteiger partial charge in [0.25, 0.3) is 5.56 Å². The molecule has 0 unspecified atom stereocenters. The lowest BCUT2D eigenvalue weighted by atomic mass is 10.6. The van der Waals surface area contributed by atoms with E-state index < -0.39 is 0 Å². The highest BCUT2D eigenvalue weighted by Crippen LogP contribution is 1.91. The Morgan fingerprint density at radius 1 is 1.42 bits per heavy atom. The summed E-state index contributed by atoms with van der Waals surface area (Å²) in [4.78, 5) is 17.5. The lowest BCUT2D eigenvalue weighted by molar-refractivity contribution is 0.825. The SMILES string of the molecule is O=c1[nH]ccnc1-n1cccn1. The summed E-state index contributed by atoms with van der Waals surface area (Å²) in [6.07, 6.45) is 6.25. The van der Waals surface area contributed by atoms with Crippen molar-refractivity contribution >= 4 is 0 Å². The van der Waals surface area contributed by atoms with E-state index in [2.05, 4.69) is 15.1 Å². The number of hydrogen-bond donors (Lipinski definition) is 1. The maximum atomic E-state index is 11.1. The maximum Gasteiger partial charge on any atom is 0.293 e. The number of H-pyrrole nitrogens is 1. The van der Waals surface area contributed by atoms with Crippen LogP contribution >= 0.6 is 0 Å². The largest absolute Gasteiger partial charge is 0.324 e. The Balaban J connectivity index is 2.63. The molecule has 2 aromatic rings. The van der Waals surface area contributed by atoms with Gasteiger partial charge in [-0.15, -0.1) is 0 Å². The van der Waals surface area contributed by atoms with E-state index in [4.69, 9.17) is 0 Å². The van der Waals surface area contributed by atoms with Crippen molar-refractivity contribution in [2.75, 3.05) is 0 Å². The summed E-state index contributed by atoms with van der Waals surface area (Å²) in [7, 11) is 0. The van der Waals surface area contributed by atoms with Crippen LogP contribution in [-0.2, 0) is 0 Å². The molecule has 0 fully saturated rings. The van der Waals surface area contributed by atoms with Crippen LogP contribution in [0.3, 0.4) is 0 Å². The molecule has 0 bridgehead atoms. The molecular formula is C7H6N4O. The molecule has 5 heteroatoms. The Labute approximate surface area is 67.7 Å². The van der Waals surface area contributed by atoms with Gasteiger partial charge < -0.3 is 4.98 Å². The van der Waals surface area contributed by atoms with Crippen LogP contribution in [0.2, 0.25) is 0 Å². The molecule has 0 saturated heterocycles. The molecule has 0 aliphatic rings. The van der Waals surface area contributed by atoms with E-state index in [1.165, 1.54) is 17.1 Å². The molecule has 1 N–H and O–H groups in total. The minimum Gasteiger partial charge on any atom is -0.324 e. The Hall–Kier alpha value is -1.91. The molecule has 0 atom stereocenters. The van der Waals surface area contributed by atoms with Crippen molar-refractivity contribution in [3.8, 4) is 5.82 Å². The van der Waals surface area contributed by atoms with Gasteiger partial charge in [-0.25, -0.2) is 9.67 Å². The molecule has 2 aromatic heterocycles. The second-order valence-electron chi connectivity index (χ2n) is 2.19. The molecule has 12 heavy (non-hydrogen) atoms. The summed E-state index contributed by atoms with van der Waals surface area (Å²) >= 11 is 0. The Morgan fingerprint density at radius 3 is 3.00 bits per heavy atom. The van der Waals surface area contributed by atoms with Crippen LogP contribution in [0.25, 0.3) is 5.82 Å². The lowest BCUT2D eigenvalue weighted by Gasteiger charge is -1.95. The first-order chi connectivity index (χ1) is 5.88. The summed E-state index contributed by atoms with van der Waals surface area (Å²) in [5.74, 6) is 0.280. The molecule has 2 heterocycles. The summed E-state index contributed by atoms with van der Waals surface area (Å²) < 4.78 is 1.42. The van der Waals surface area contributed by atoms with E-state index >= 15 is 0 Å². The van der Waals surface area contributed by atoms with Gasteiger partial charge in [0.15, 0.2) is 0 Å². The van der Waals surface area contributed by atoms with Gasteiger partial charge in [-0.05, 0) is 6.07 Å². The van der Waals surface area contributed by atoms with Crippen LogP contribution in [0.4, 0.5) is 0 Å². The van der Waals surface area contributed by atoms with Gasteiger partial charge in [-0.3, -0.25) is 4.79 Å². The van der Waals surface area contributed by atoms with Crippen LogP contribution < -0.4 is 5.56 Å². The zero-order valence-electron chi connectivity index (χ0n) is 6.14. The van der Waals surface area contributed by atoms with Gasteiger partial charge in [0.1, 0.15) is 0 Å². The molecule has 0 aliphatic heterocycles. The fourth-order valence-corrected chi connectivity index (χ4v) is 0.901. The molecule has 0 radical (unpaired) electrons. The zero-order chi connectivity index (χ0) is 8.39. The summed E-state index contributed by atoms with van der Waals surface area (Å²) in [6.45, 7) is 0. The highest BCUT2D eigenvalue weighted by molar-refractivity contribution is 5.14. The number of hydrogen-bond acceptors (Lipinski definition) is 3. The van der Waals surface area contributed by atoms with Crippen LogP contribution in [-0.4, -0.2) is 19.7 Å². The third-order valence-corrected chi connectivity index (χ3v) is 1.41. The van der Waals surface area contributed by atoms with Crippen molar-refractivity contribution in [1.29, 1.82) is 0 Å². The van der Waals surface area contributed by atoms with Gasteiger partial charge in [0, 0.05) is 24.8 Å². The van der Waals surface area contributed by atoms with Gasteiger partial charge in [0.05, 0.1) is 0 Å². The van der Waals surface area contributed by atoms with E-state index in [1.807, 2.05) is 0 Å². The predicted octanol–water partition coefficient (Wildman–Crippen LogP) is -0.0444. The highest BCUT2D eigenvalue weighted by Gasteiger charge is 2.00. The molecule has 0 amide bonds. The second-order valence-corrected chi connectivity index (χ2v) is 2.19. The first kappa shape index (κ1) is 6.78. The molecule has 2 rings (SSSR count). The Bertz CT molecular complexity index is 417. The standard InChI is InChI=1S/C7H6N4O/c12-7-6(8-3-4-9-7)11-5-1-2-10-11/h1-5H,(H,9,12). The first-order valence-electron chi connectivity index (χ1n) is 3.41. The highest BCUT2D eigenvalue weighted by atomic mass is 16.1. The van der Waals surface area contributed by atoms with Crippen LogP contribution in [0.1, 0.15) is 0 Å². The van der Waals surface area contributed by atoms with E-state index in [-0.39, 0.29) is 11.4 Å². The van der Waals surface area contributed by atoms with Gasteiger partial charge in [-0.1, -0.05) is 0 Å². The number of rotatable bonds is 1. The molecule has 0 spiro atoms. The summed E-state index contributed by atoms with van der Waals surface area (Å²) in [5, 5.41) is 3.88. The van der Waals surface area contributed by atoms with Crippen LogP contribution in [0.5, 0.6) is 0 Å². The fourth-order valence-electron chi connectivity index (χ4n) is 0.901. The fraction of sp³-hybridized carbons (Fsp3) is 0. The van der Waals surface area contributed by atoms with Gasteiger partial charge in [0.2, 0.25) is 5.82 Å². The predicted molar refractivity (Wildman–Crippen MR) is 42.0 cm³/mol. The topological polar surface area (TPSA) is 63.6 Å². The second kappa shape index (κ2) is 2.61. The normalized spacial score (nSPS) is 10.0. The quantitative estimate of drug-likeness (QED) is 0.639. The monoisotopic (exact) mass is 162 g/mol. The maximum absolute atomic E-state index is 11.1. The summed E-state index contributed by atoms with van der Waals surface area (Å²) in [5.41, 5.74) is -0.249. The Kier molecular flexibility index (Phi) is 1.48. The average molecular weight is 162 g/mol. The zero-order valence-corrected chi connectivity index (χ0v) is 6.14. The number of aromatic amines is 1. The molecular weight excluding hydrogens is 156 g/mol. The third-order valence-electron chi connectivity index (χ3n) is 1.41. The van der Waals surface area contributed by atoms with Crippen molar-refractivity contribution in [2.24, 2.45) is 0 Å². The molecule has 0 saturated carbocycles. The number of aromatic nitrogens is 4. The van der Waals surface area contributed by atoms with Crippen LogP contribution in [0, 0.1) is 0 Å². The molecule has 0 aliphatic carbocycles. The van der Waals surface area contributed by atoms with Gasteiger partial charge in [-0.2, -0.15) is 5.10 Å². The van der Waals surface area contributed by atoms with Crippen LogP contribution in [0.15, 0.2) is 35.6 Å². The van der Waals surface area contributed by atoms with Gasteiger partial charge >= 0.3 is 0 Å². The molecule has 5 nitrogen and oxygen atoms in total. The lowest BCUT2D eigenvalue weighted by Crippen LogP contribution is -2.15. The number of nitrogens with zero attached hydrogens (tertiary/aromatic N) is 3.